The second kappa shape index (κ2) is 10.0. The molecule has 0 aromatic heterocycles. The van der Waals surface area contributed by atoms with Crippen LogP contribution in [0.3, 0.4) is 0 Å². The highest BCUT2D eigenvalue weighted by Gasteiger charge is 2.27. The van der Waals surface area contributed by atoms with Crippen molar-refractivity contribution < 1.29 is 9.59 Å². The Morgan fingerprint density at radius 1 is 1.13 bits per heavy atom. The molecule has 4 heteroatoms. The van der Waals surface area contributed by atoms with Crippen molar-refractivity contribution in [1.82, 2.24) is 10.2 Å². The first kappa shape index (κ1) is 19.2. The fourth-order valence-electron chi connectivity index (χ4n) is 2.52. The second-order valence-electron chi connectivity index (χ2n) is 5.93. The summed E-state index contributed by atoms with van der Waals surface area (Å²) in [6, 6.07) is 7.71. The summed E-state index contributed by atoms with van der Waals surface area (Å²) in [7, 11) is 0. The number of rotatable bonds is 9. The van der Waals surface area contributed by atoms with Crippen molar-refractivity contribution in [1.29, 1.82) is 0 Å². The Hall–Kier alpha value is -1.84. The first-order chi connectivity index (χ1) is 11.0. The van der Waals surface area contributed by atoms with E-state index in [1.807, 2.05) is 45.0 Å². The van der Waals surface area contributed by atoms with Gasteiger partial charge in [-0.25, -0.2) is 0 Å². The molecule has 128 valence electrons. The number of amides is 2. The zero-order valence-electron chi connectivity index (χ0n) is 14.9. The number of hydrogen-bond donors (Lipinski definition) is 1. The van der Waals surface area contributed by atoms with E-state index in [1.165, 1.54) is 5.56 Å². The SMILES string of the molecule is CCCCNC(=O)[C@H](CC)N(Cc1ccc(C)cc1)C(=O)CC. The van der Waals surface area contributed by atoms with Crippen LogP contribution in [-0.2, 0) is 16.1 Å². The molecule has 0 aliphatic rings. The van der Waals surface area contributed by atoms with Crippen LogP contribution in [0.4, 0.5) is 0 Å². The van der Waals surface area contributed by atoms with Crippen LogP contribution < -0.4 is 5.32 Å². The molecule has 1 N–H and O–H groups in total. The Kier molecular flexibility index (Phi) is 8.38. The Morgan fingerprint density at radius 2 is 1.78 bits per heavy atom. The average Bonchev–Trinajstić information content (AvgIpc) is 2.56. The maximum atomic E-state index is 12.5. The maximum absolute atomic E-state index is 12.5. The van der Waals surface area contributed by atoms with Gasteiger partial charge in [0.25, 0.3) is 0 Å². The van der Waals surface area contributed by atoms with E-state index in [-0.39, 0.29) is 11.8 Å². The van der Waals surface area contributed by atoms with Crippen LogP contribution in [0.5, 0.6) is 0 Å². The Bertz CT molecular complexity index is 497. The minimum Gasteiger partial charge on any atom is -0.354 e. The van der Waals surface area contributed by atoms with Gasteiger partial charge in [-0.05, 0) is 25.3 Å². The molecular formula is C19H30N2O2. The molecule has 0 radical (unpaired) electrons. The average molecular weight is 318 g/mol. The normalized spacial score (nSPS) is 11.8. The molecule has 4 nitrogen and oxygen atoms in total. The standard InChI is InChI=1S/C19H30N2O2/c1-5-8-13-20-19(23)17(6-2)21(18(22)7-3)14-16-11-9-15(4)10-12-16/h9-12,17H,5-8,13-14H2,1-4H3,(H,20,23)/t17-/m0/s1. The van der Waals surface area contributed by atoms with Crippen LogP contribution in [0.15, 0.2) is 24.3 Å². The fourth-order valence-corrected chi connectivity index (χ4v) is 2.52. The third kappa shape index (κ3) is 6.05. The van der Waals surface area contributed by atoms with Crippen LogP contribution in [0.1, 0.15) is 57.6 Å². The second-order valence-corrected chi connectivity index (χ2v) is 5.93. The lowest BCUT2D eigenvalue weighted by Crippen LogP contribution is -2.49. The van der Waals surface area contributed by atoms with Gasteiger partial charge < -0.3 is 10.2 Å². The molecule has 0 saturated heterocycles. The van der Waals surface area contributed by atoms with Gasteiger partial charge in [0.2, 0.25) is 11.8 Å². The van der Waals surface area contributed by atoms with Gasteiger partial charge in [0.1, 0.15) is 6.04 Å². The van der Waals surface area contributed by atoms with Gasteiger partial charge in [-0.3, -0.25) is 9.59 Å². The van der Waals surface area contributed by atoms with Crippen molar-refractivity contribution in [3.63, 3.8) is 0 Å². The van der Waals surface area contributed by atoms with E-state index in [2.05, 4.69) is 12.2 Å². The number of aryl methyl sites for hydroxylation is 1. The van der Waals surface area contributed by atoms with Gasteiger partial charge in [-0.15, -0.1) is 0 Å². The van der Waals surface area contributed by atoms with Crippen LogP contribution in [0.25, 0.3) is 0 Å². The lowest BCUT2D eigenvalue weighted by Gasteiger charge is -2.30. The van der Waals surface area contributed by atoms with Gasteiger partial charge in [-0.2, -0.15) is 0 Å². The molecule has 0 bridgehead atoms. The van der Waals surface area contributed by atoms with Crippen LogP contribution in [0.2, 0.25) is 0 Å². The molecule has 0 unspecified atom stereocenters. The third-order valence-corrected chi connectivity index (χ3v) is 3.99. The molecule has 0 spiro atoms. The van der Waals surface area contributed by atoms with Gasteiger partial charge in [0.15, 0.2) is 0 Å². The molecule has 0 aliphatic carbocycles. The van der Waals surface area contributed by atoms with Crippen LogP contribution in [-0.4, -0.2) is 29.3 Å². The molecule has 23 heavy (non-hydrogen) atoms. The summed E-state index contributed by atoms with van der Waals surface area (Å²) in [5, 5.41) is 2.96. The number of carbonyl (C=O) groups excluding carboxylic acids is 2. The topological polar surface area (TPSA) is 49.4 Å². The first-order valence-corrected chi connectivity index (χ1v) is 8.66. The number of nitrogens with one attached hydrogen (secondary N) is 1. The fraction of sp³-hybridized carbons (Fsp3) is 0.579. The molecule has 1 aromatic carbocycles. The van der Waals surface area contributed by atoms with E-state index in [0.717, 1.165) is 18.4 Å². The predicted molar refractivity (Wildman–Crippen MR) is 94.0 cm³/mol. The highest BCUT2D eigenvalue weighted by Crippen LogP contribution is 2.14. The first-order valence-electron chi connectivity index (χ1n) is 8.66. The van der Waals surface area contributed by atoms with Crippen molar-refractivity contribution in [2.75, 3.05) is 6.54 Å². The minimum atomic E-state index is -0.402. The summed E-state index contributed by atoms with van der Waals surface area (Å²) < 4.78 is 0. The Labute approximate surface area is 140 Å². The molecule has 0 aliphatic heterocycles. The lowest BCUT2D eigenvalue weighted by atomic mass is 10.1. The number of hydrogen-bond acceptors (Lipinski definition) is 2. The number of benzene rings is 1. The summed E-state index contributed by atoms with van der Waals surface area (Å²) >= 11 is 0. The summed E-state index contributed by atoms with van der Waals surface area (Å²) in [5.74, 6) is -0.0297. The lowest BCUT2D eigenvalue weighted by molar-refractivity contribution is -0.141. The highest BCUT2D eigenvalue weighted by atomic mass is 16.2. The number of unbranched alkanes of at least 4 members (excludes halogenated alkanes) is 1. The molecule has 1 aromatic rings. The van der Waals surface area contributed by atoms with Crippen molar-refractivity contribution in [3.05, 3.63) is 35.4 Å². The van der Waals surface area contributed by atoms with E-state index < -0.39 is 6.04 Å². The summed E-state index contributed by atoms with van der Waals surface area (Å²) in [6.07, 6.45) is 3.03. The Morgan fingerprint density at radius 3 is 2.30 bits per heavy atom. The molecule has 1 rings (SSSR count). The van der Waals surface area contributed by atoms with Crippen molar-refractivity contribution in [2.24, 2.45) is 0 Å². The molecule has 0 fully saturated rings. The van der Waals surface area contributed by atoms with Gasteiger partial charge in [0.05, 0.1) is 0 Å². The predicted octanol–water partition coefficient (Wildman–Crippen LogP) is 3.43. The van der Waals surface area contributed by atoms with Crippen molar-refractivity contribution in [3.8, 4) is 0 Å². The van der Waals surface area contributed by atoms with Crippen molar-refractivity contribution >= 4 is 11.8 Å². The monoisotopic (exact) mass is 318 g/mol. The summed E-state index contributed by atoms with van der Waals surface area (Å²) in [6.45, 7) is 9.07. The van der Waals surface area contributed by atoms with Gasteiger partial charge >= 0.3 is 0 Å². The van der Waals surface area contributed by atoms with E-state index >= 15 is 0 Å². The minimum absolute atomic E-state index is 0.0167. The summed E-state index contributed by atoms with van der Waals surface area (Å²) in [5.41, 5.74) is 2.24. The molecular weight excluding hydrogens is 288 g/mol. The number of nitrogens with zero attached hydrogens (tertiary/aromatic N) is 1. The Balaban J connectivity index is 2.86. The van der Waals surface area contributed by atoms with Crippen LogP contribution >= 0.6 is 0 Å². The van der Waals surface area contributed by atoms with Crippen molar-refractivity contribution in [2.45, 2.75) is 66.0 Å². The quantitative estimate of drug-likeness (QED) is 0.709. The van der Waals surface area contributed by atoms with Crippen LogP contribution in [0, 0.1) is 6.92 Å². The van der Waals surface area contributed by atoms with E-state index in [1.54, 1.807) is 4.90 Å². The molecule has 1 atom stereocenters. The molecule has 2 amide bonds. The zero-order chi connectivity index (χ0) is 17.2. The van der Waals surface area contributed by atoms with E-state index in [9.17, 15) is 9.59 Å². The molecule has 0 saturated carbocycles. The zero-order valence-corrected chi connectivity index (χ0v) is 14.9. The largest absolute Gasteiger partial charge is 0.354 e. The van der Waals surface area contributed by atoms with E-state index in [4.69, 9.17) is 0 Å². The third-order valence-electron chi connectivity index (χ3n) is 3.99. The smallest absolute Gasteiger partial charge is 0.242 e. The van der Waals surface area contributed by atoms with Gasteiger partial charge in [-0.1, -0.05) is 57.0 Å². The van der Waals surface area contributed by atoms with Gasteiger partial charge in [0, 0.05) is 19.5 Å². The molecule has 0 heterocycles. The maximum Gasteiger partial charge on any atom is 0.242 e. The number of carbonyl (C=O) groups is 2. The summed E-state index contributed by atoms with van der Waals surface area (Å²) in [4.78, 5) is 26.5. The van der Waals surface area contributed by atoms with E-state index in [0.29, 0.717) is 25.9 Å². The highest BCUT2D eigenvalue weighted by molar-refractivity contribution is 5.87.